The van der Waals surface area contributed by atoms with Gasteiger partial charge in [-0.05, 0) is 23.6 Å². The van der Waals surface area contributed by atoms with E-state index in [2.05, 4.69) is 26.1 Å². The second kappa shape index (κ2) is 6.40. The maximum atomic E-state index is 10.8. The molecule has 2 N–H and O–H groups in total. The SMILES string of the molecule is CC(C)(C)CNCCOc1cccc(C(=O)O)c1. The molecule has 1 rings (SSSR count). The first kappa shape index (κ1) is 14.5. The fraction of sp³-hybridized carbons (Fsp3) is 0.500. The molecule has 0 aliphatic rings. The molecule has 0 saturated carbocycles. The molecule has 4 nitrogen and oxygen atoms in total. The lowest BCUT2D eigenvalue weighted by Crippen LogP contribution is -2.30. The van der Waals surface area contributed by atoms with Gasteiger partial charge in [-0.1, -0.05) is 26.8 Å². The standard InChI is InChI=1S/C14H21NO3/c1-14(2,3)10-15-7-8-18-12-6-4-5-11(9-12)13(16)17/h4-6,9,15H,7-8,10H2,1-3H3,(H,16,17). The van der Waals surface area contributed by atoms with Crippen molar-refractivity contribution in [2.75, 3.05) is 19.7 Å². The van der Waals surface area contributed by atoms with E-state index in [-0.39, 0.29) is 11.0 Å². The molecule has 0 fully saturated rings. The number of aromatic carboxylic acids is 1. The molecule has 0 aromatic heterocycles. The van der Waals surface area contributed by atoms with Gasteiger partial charge in [0.2, 0.25) is 0 Å². The number of carboxylic acids is 1. The second-order valence-electron chi connectivity index (χ2n) is 5.42. The molecule has 0 aliphatic heterocycles. The van der Waals surface area contributed by atoms with Gasteiger partial charge in [0.25, 0.3) is 0 Å². The van der Waals surface area contributed by atoms with E-state index in [1.54, 1.807) is 18.2 Å². The Morgan fingerprint density at radius 1 is 1.39 bits per heavy atom. The molecule has 0 radical (unpaired) electrons. The van der Waals surface area contributed by atoms with Gasteiger partial charge in [0.1, 0.15) is 12.4 Å². The number of carbonyl (C=O) groups is 1. The number of rotatable bonds is 6. The smallest absolute Gasteiger partial charge is 0.335 e. The Kier molecular flexibility index (Phi) is 5.16. The fourth-order valence-corrected chi connectivity index (χ4v) is 1.42. The molecule has 0 saturated heterocycles. The van der Waals surface area contributed by atoms with Crippen molar-refractivity contribution >= 4 is 5.97 Å². The van der Waals surface area contributed by atoms with Crippen molar-refractivity contribution in [3.8, 4) is 5.75 Å². The lowest BCUT2D eigenvalue weighted by Gasteiger charge is -2.18. The van der Waals surface area contributed by atoms with Crippen molar-refractivity contribution in [2.45, 2.75) is 20.8 Å². The van der Waals surface area contributed by atoms with Crippen molar-refractivity contribution in [1.29, 1.82) is 0 Å². The van der Waals surface area contributed by atoms with Crippen LogP contribution in [-0.4, -0.2) is 30.8 Å². The third kappa shape index (κ3) is 5.68. The quantitative estimate of drug-likeness (QED) is 0.762. The average molecular weight is 251 g/mol. The highest BCUT2D eigenvalue weighted by Gasteiger charge is 2.08. The van der Waals surface area contributed by atoms with E-state index < -0.39 is 5.97 Å². The van der Waals surface area contributed by atoms with Crippen LogP contribution < -0.4 is 10.1 Å². The Morgan fingerprint density at radius 2 is 2.11 bits per heavy atom. The van der Waals surface area contributed by atoms with E-state index in [1.165, 1.54) is 6.07 Å². The van der Waals surface area contributed by atoms with Crippen LogP contribution in [0.4, 0.5) is 0 Å². The zero-order valence-electron chi connectivity index (χ0n) is 11.2. The van der Waals surface area contributed by atoms with Crippen molar-refractivity contribution < 1.29 is 14.6 Å². The molecular formula is C14H21NO3. The maximum Gasteiger partial charge on any atom is 0.335 e. The van der Waals surface area contributed by atoms with E-state index in [0.717, 1.165) is 13.1 Å². The zero-order chi connectivity index (χ0) is 13.6. The van der Waals surface area contributed by atoms with Gasteiger partial charge in [0, 0.05) is 13.1 Å². The minimum atomic E-state index is -0.939. The lowest BCUT2D eigenvalue weighted by molar-refractivity contribution is 0.0696. The Morgan fingerprint density at radius 3 is 2.72 bits per heavy atom. The monoisotopic (exact) mass is 251 g/mol. The van der Waals surface area contributed by atoms with Gasteiger partial charge in [-0.25, -0.2) is 4.79 Å². The van der Waals surface area contributed by atoms with Gasteiger partial charge in [0.15, 0.2) is 0 Å². The van der Waals surface area contributed by atoms with Crippen LogP contribution in [0.25, 0.3) is 0 Å². The molecule has 0 atom stereocenters. The fourth-order valence-electron chi connectivity index (χ4n) is 1.42. The van der Waals surface area contributed by atoms with Crippen molar-refractivity contribution in [2.24, 2.45) is 5.41 Å². The van der Waals surface area contributed by atoms with Crippen LogP contribution in [0.3, 0.4) is 0 Å². The van der Waals surface area contributed by atoms with E-state index >= 15 is 0 Å². The molecule has 4 heteroatoms. The zero-order valence-corrected chi connectivity index (χ0v) is 11.2. The Hall–Kier alpha value is -1.55. The summed E-state index contributed by atoms with van der Waals surface area (Å²) in [5, 5.41) is 12.1. The number of carboxylic acid groups (broad SMARTS) is 1. The normalized spacial score (nSPS) is 11.3. The number of ether oxygens (including phenoxy) is 1. The summed E-state index contributed by atoms with van der Waals surface area (Å²) in [7, 11) is 0. The summed E-state index contributed by atoms with van der Waals surface area (Å²) in [5.41, 5.74) is 0.499. The summed E-state index contributed by atoms with van der Waals surface area (Å²) < 4.78 is 5.49. The highest BCUT2D eigenvalue weighted by atomic mass is 16.5. The highest BCUT2D eigenvalue weighted by Crippen LogP contribution is 2.13. The van der Waals surface area contributed by atoms with Crippen LogP contribution in [0.15, 0.2) is 24.3 Å². The van der Waals surface area contributed by atoms with Crippen LogP contribution in [0.2, 0.25) is 0 Å². The maximum absolute atomic E-state index is 10.8. The summed E-state index contributed by atoms with van der Waals surface area (Å²) in [6.07, 6.45) is 0. The van der Waals surface area contributed by atoms with Gasteiger partial charge < -0.3 is 15.2 Å². The van der Waals surface area contributed by atoms with E-state index in [9.17, 15) is 4.79 Å². The molecule has 100 valence electrons. The van der Waals surface area contributed by atoms with Gasteiger partial charge >= 0.3 is 5.97 Å². The molecule has 1 aromatic carbocycles. The third-order valence-electron chi connectivity index (χ3n) is 2.28. The van der Waals surface area contributed by atoms with Crippen LogP contribution in [0, 0.1) is 5.41 Å². The first-order chi connectivity index (χ1) is 8.38. The lowest BCUT2D eigenvalue weighted by atomic mass is 9.97. The highest BCUT2D eigenvalue weighted by molar-refractivity contribution is 5.87. The molecule has 1 aromatic rings. The third-order valence-corrected chi connectivity index (χ3v) is 2.28. The van der Waals surface area contributed by atoms with Crippen molar-refractivity contribution in [3.05, 3.63) is 29.8 Å². The van der Waals surface area contributed by atoms with Crippen LogP contribution in [0.1, 0.15) is 31.1 Å². The number of nitrogens with one attached hydrogen (secondary N) is 1. The van der Waals surface area contributed by atoms with Gasteiger partial charge in [-0.2, -0.15) is 0 Å². The summed E-state index contributed by atoms with van der Waals surface area (Å²) >= 11 is 0. The average Bonchev–Trinajstić information content (AvgIpc) is 2.27. The molecule has 0 aliphatic carbocycles. The topological polar surface area (TPSA) is 58.6 Å². The summed E-state index contributed by atoms with van der Waals surface area (Å²) in [4.78, 5) is 10.8. The molecule has 0 spiro atoms. The summed E-state index contributed by atoms with van der Waals surface area (Å²) in [6, 6.07) is 6.52. The van der Waals surface area contributed by atoms with Gasteiger partial charge in [-0.3, -0.25) is 0 Å². The molecule has 0 heterocycles. The number of hydrogen-bond acceptors (Lipinski definition) is 3. The van der Waals surface area contributed by atoms with E-state index in [4.69, 9.17) is 9.84 Å². The van der Waals surface area contributed by atoms with E-state index in [1.807, 2.05) is 0 Å². The molecule has 0 unspecified atom stereocenters. The minimum absolute atomic E-state index is 0.246. The number of hydrogen-bond donors (Lipinski definition) is 2. The van der Waals surface area contributed by atoms with Gasteiger partial charge in [0.05, 0.1) is 5.56 Å². The first-order valence-corrected chi connectivity index (χ1v) is 6.05. The van der Waals surface area contributed by atoms with Crippen LogP contribution in [-0.2, 0) is 0 Å². The largest absolute Gasteiger partial charge is 0.492 e. The predicted octanol–water partition coefficient (Wildman–Crippen LogP) is 2.40. The predicted molar refractivity (Wildman–Crippen MR) is 71.2 cm³/mol. The van der Waals surface area contributed by atoms with Crippen molar-refractivity contribution in [1.82, 2.24) is 5.32 Å². The molecule has 18 heavy (non-hydrogen) atoms. The van der Waals surface area contributed by atoms with Gasteiger partial charge in [-0.15, -0.1) is 0 Å². The van der Waals surface area contributed by atoms with Crippen LogP contribution in [0.5, 0.6) is 5.75 Å². The number of benzene rings is 1. The Labute approximate surface area is 108 Å². The van der Waals surface area contributed by atoms with Crippen molar-refractivity contribution in [3.63, 3.8) is 0 Å². The minimum Gasteiger partial charge on any atom is -0.492 e. The summed E-state index contributed by atoms with van der Waals surface area (Å²) in [6.45, 7) is 8.69. The van der Waals surface area contributed by atoms with E-state index in [0.29, 0.717) is 12.4 Å². The second-order valence-corrected chi connectivity index (χ2v) is 5.42. The molecule has 0 bridgehead atoms. The first-order valence-electron chi connectivity index (χ1n) is 6.05. The molecule has 0 amide bonds. The van der Waals surface area contributed by atoms with Crippen LogP contribution >= 0.6 is 0 Å². The summed E-state index contributed by atoms with van der Waals surface area (Å²) in [5.74, 6) is -0.348. The Bertz CT molecular complexity index is 396. The Balaban J connectivity index is 2.31. The molecular weight excluding hydrogens is 230 g/mol.